The molecule has 0 bridgehead atoms. The standard InChI is InChI=1S/C8H10O5/c1-4-6(13-8(10)11)12-7(9)5(2)3/h4,6H,1-2H2,3H3,(H,10,11). The zero-order valence-corrected chi connectivity index (χ0v) is 7.15. The van der Waals surface area contributed by atoms with Gasteiger partial charge in [0.05, 0.1) is 0 Å². The van der Waals surface area contributed by atoms with Gasteiger partial charge in [0.15, 0.2) is 0 Å². The van der Waals surface area contributed by atoms with Crippen LogP contribution < -0.4 is 0 Å². The Bertz CT molecular complexity index is 243. The van der Waals surface area contributed by atoms with E-state index in [0.29, 0.717) is 0 Å². The van der Waals surface area contributed by atoms with E-state index < -0.39 is 18.4 Å². The molecule has 0 aliphatic carbocycles. The monoisotopic (exact) mass is 186 g/mol. The molecule has 0 heterocycles. The van der Waals surface area contributed by atoms with Crippen molar-refractivity contribution in [3.63, 3.8) is 0 Å². The van der Waals surface area contributed by atoms with Crippen molar-refractivity contribution in [2.75, 3.05) is 0 Å². The Morgan fingerprint density at radius 1 is 1.46 bits per heavy atom. The zero-order chi connectivity index (χ0) is 10.4. The molecule has 0 aromatic heterocycles. The van der Waals surface area contributed by atoms with E-state index in [4.69, 9.17) is 5.11 Å². The Morgan fingerprint density at radius 2 is 2.00 bits per heavy atom. The number of ether oxygens (including phenoxy) is 2. The van der Waals surface area contributed by atoms with Crippen LogP contribution in [-0.4, -0.2) is 23.5 Å². The Labute approximate surface area is 75.3 Å². The van der Waals surface area contributed by atoms with E-state index in [1.807, 2.05) is 0 Å². The Balaban J connectivity index is 4.13. The van der Waals surface area contributed by atoms with E-state index in [0.717, 1.165) is 6.08 Å². The molecule has 5 nitrogen and oxygen atoms in total. The van der Waals surface area contributed by atoms with Gasteiger partial charge in [-0.2, -0.15) is 0 Å². The van der Waals surface area contributed by atoms with Crippen molar-refractivity contribution in [1.29, 1.82) is 0 Å². The second-order valence-corrected chi connectivity index (χ2v) is 2.17. The first kappa shape index (κ1) is 11.2. The molecule has 0 aliphatic rings. The lowest BCUT2D eigenvalue weighted by Crippen LogP contribution is -2.21. The third-order valence-electron chi connectivity index (χ3n) is 0.981. The molecule has 0 saturated heterocycles. The molecule has 13 heavy (non-hydrogen) atoms. The minimum atomic E-state index is -1.54. The molecular weight excluding hydrogens is 176 g/mol. The maximum atomic E-state index is 10.9. The lowest BCUT2D eigenvalue weighted by atomic mass is 10.4. The summed E-state index contributed by atoms with van der Waals surface area (Å²) in [6.45, 7) is 7.97. The lowest BCUT2D eigenvalue weighted by Gasteiger charge is -2.11. The molecule has 0 aromatic rings. The van der Waals surface area contributed by atoms with Crippen molar-refractivity contribution in [2.45, 2.75) is 13.2 Å². The molecule has 0 spiro atoms. The van der Waals surface area contributed by atoms with Gasteiger partial charge >= 0.3 is 12.1 Å². The van der Waals surface area contributed by atoms with Gasteiger partial charge in [0.25, 0.3) is 6.29 Å². The summed E-state index contributed by atoms with van der Waals surface area (Å²) in [5, 5.41) is 8.18. The van der Waals surface area contributed by atoms with E-state index in [2.05, 4.69) is 22.6 Å². The smallest absolute Gasteiger partial charge is 0.450 e. The van der Waals surface area contributed by atoms with Crippen molar-refractivity contribution in [3.8, 4) is 0 Å². The molecule has 0 saturated carbocycles. The van der Waals surface area contributed by atoms with Gasteiger partial charge in [-0.3, -0.25) is 0 Å². The summed E-state index contributed by atoms with van der Waals surface area (Å²) in [4.78, 5) is 20.9. The summed E-state index contributed by atoms with van der Waals surface area (Å²) in [5.41, 5.74) is 0.154. The molecule has 1 N–H and O–H groups in total. The maximum absolute atomic E-state index is 10.9. The van der Waals surface area contributed by atoms with Gasteiger partial charge in [-0.1, -0.05) is 13.2 Å². The lowest BCUT2D eigenvalue weighted by molar-refractivity contribution is -0.157. The largest absolute Gasteiger partial charge is 0.509 e. The fourth-order valence-electron chi connectivity index (χ4n) is 0.426. The van der Waals surface area contributed by atoms with E-state index in [-0.39, 0.29) is 5.57 Å². The molecule has 0 radical (unpaired) electrons. The van der Waals surface area contributed by atoms with Crippen molar-refractivity contribution in [1.82, 2.24) is 0 Å². The Morgan fingerprint density at radius 3 is 2.31 bits per heavy atom. The van der Waals surface area contributed by atoms with E-state index in [1.54, 1.807) is 0 Å². The number of carbonyl (C=O) groups excluding carboxylic acids is 1. The average Bonchev–Trinajstić information content (AvgIpc) is 2.02. The van der Waals surface area contributed by atoms with Gasteiger partial charge in [-0.15, -0.1) is 0 Å². The van der Waals surface area contributed by atoms with Crippen molar-refractivity contribution >= 4 is 12.1 Å². The molecule has 0 rings (SSSR count). The molecule has 0 aliphatic heterocycles. The summed E-state index contributed by atoms with van der Waals surface area (Å²) in [7, 11) is 0. The highest BCUT2D eigenvalue weighted by atomic mass is 16.8. The van der Waals surface area contributed by atoms with Crippen LogP contribution in [0.4, 0.5) is 4.79 Å². The minimum absolute atomic E-state index is 0.154. The van der Waals surface area contributed by atoms with Gasteiger partial charge < -0.3 is 14.6 Å². The topological polar surface area (TPSA) is 72.8 Å². The number of rotatable bonds is 4. The number of esters is 1. The highest BCUT2D eigenvalue weighted by molar-refractivity contribution is 5.87. The molecule has 72 valence electrons. The third kappa shape index (κ3) is 4.62. The summed E-state index contributed by atoms with van der Waals surface area (Å²) < 4.78 is 8.65. The SMILES string of the molecule is C=CC(OC(=O)O)OC(=O)C(=C)C. The van der Waals surface area contributed by atoms with Gasteiger partial charge in [-0.05, 0) is 13.0 Å². The summed E-state index contributed by atoms with van der Waals surface area (Å²) in [5.74, 6) is -0.730. The number of hydrogen-bond donors (Lipinski definition) is 1. The van der Waals surface area contributed by atoms with Crippen LogP contribution in [0.5, 0.6) is 0 Å². The first-order valence-corrected chi connectivity index (χ1v) is 3.36. The molecule has 0 amide bonds. The van der Waals surface area contributed by atoms with Crippen LogP contribution in [0.1, 0.15) is 6.92 Å². The van der Waals surface area contributed by atoms with Gasteiger partial charge in [0, 0.05) is 5.57 Å². The summed E-state index contributed by atoms with van der Waals surface area (Å²) >= 11 is 0. The van der Waals surface area contributed by atoms with Crippen LogP contribution in [0.15, 0.2) is 24.8 Å². The summed E-state index contributed by atoms with van der Waals surface area (Å²) in [6.07, 6.45) is -1.78. The number of carbonyl (C=O) groups is 2. The van der Waals surface area contributed by atoms with Crippen molar-refractivity contribution in [2.24, 2.45) is 0 Å². The van der Waals surface area contributed by atoms with Gasteiger partial charge in [0.1, 0.15) is 0 Å². The predicted molar refractivity (Wildman–Crippen MR) is 44.0 cm³/mol. The first-order chi connectivity index (χ1) is 5.97. The van der Waals surface area contributed by atoms with Crippen LogP contribution in [0, 0.1) is 0 Å². The molecule has 1 unspecified atom stereocenters. The second-order valence-electron chi connectivity index (χ2n) is 2.17. The second kappa shape index (κ2) is 4.97. The van der Waals surface area contributed by atoms with E-state index >= 15 is 0 Å². The molecule has 1 atom stereocenters. The number of hydrogen-bond acceptors (Lipinski definition) is 4. The van der Waals surface area contributed by atoms with Crippen LogP contribution in [0.3, 0.4) is 0 Å². The van der Waals surface area contributed by atoms with Crippen molar-refractivity contribution < 1.29 is 24.2 Å². The van der Waals surface area contributed by atoms with Gasteiger partial charge in [0.2, 0.25) is 0 Å². The van der Waals surface area contributed by atoms with Crippen LogP contribution in [-0.2, 0) is 14.3 Å². The number of carboxylic acid groups (broad SMARTS) is 1. The van der Waals surface area contributed by atoms with E-state index in [9.17, 15) is 9.59 Å². The molecular formula is C8H10O5. The predicted octanol–water partition coefficient (Wildman–Crippen LogP) is 1.31. The molecule has 0 fully saturated rings. The highest BCUT2D eigenvalue weighted by Gasteiger charge is 2.14. The average molecular weight is 186 g/mol. The maximum Gasteiger partial charge on any atom is 0.509 e. The van der Waals surface area contributed by atoms with Crippen molar-refractivity contribution in [3.05, 3.63) is 24.8 Å². The molecule has 5 heteroatoms. The Kier molecular flexibility index (Phi) is 4.29. The minimum Gasteiger partial charge on any atom is -0.450 e. The third-order valence-corrected chi connectivity index (χ3v) is 0.981. The van der Waals surface area contributed by atoms with Crippen LogP contribution in [0.2, 0.25) is 0 Å². The van der Waals surface area contributed by atoms with Gasteiger partial charge in [-0.25, -0.2) is 9.59 Å². The quantitative estimate of drug-likeness (QED) is 0.310. The van der Waals surface area contributed by atoms with Crippen LogP contribution in [0.25, 0.3) is 0 Å². The first-order valence-electron chi connectivity index (χ1n) is 3.36. The Hall–Kier alpha value is -1.78. The van der Waals surface area contributed by atoms with Crippen LogP contribution >= 0.6 is 0 Å². The normalized spacial score (nSPS) is 11.2. The summed E-state index contributed by atoms with van der Waals surface area (Å²) in [6, 6.07) is 0. The van der Waals surface area contributed by atoms with E-state index in [1.165, 1.54) is 6.92 Å². The highest BCUT2D eigenvalue weighted by Crippen LogP contribution is 2.01. The zero-order valence-electron chi connectivity index (χ0n) is 7.15. The molecule has 0 aromatic carbocycles. The fourth-order valence-corrected chi connectivity index (χ4v) is 0.426. The fraction of sp³-hybridized carbons (Fsp3) is 0.250.